The van der Waals surface area contributed by atoms with Crippen molar-refractivity contribution in [2.24, 2.45) is 5.92 Å². The average molecular weight is 483 g/mol. The number of hydrogen-bond acceptors (Lipinski definition) is 4. The summed E-state index contributed by atoms with van der Waals surface area (Å²) in [7, 11) is 0. The second-order valence-electron chi connectivity index (χ2n) is 10.3. The molecule has 0 saturated carbocycles. The third-order valence-corrected chi connectivity index (χ3v) is 8.07. The van der Waals surface area contributed by atoms with Gasteiger partial charge >= 0.3 is 0 Å². The highest BCUT2D eigenvalue weighted by molar-refractivity contribution is 5.98. The molecule has 0 aliphatic carbocycles. The lowest BCUT2D eigenvalue weighted by atomic mass is 9.82. The fourth-order valence-electron chi connectivity index (χ4n) is 5.93. The maximum atomic E-state index is 12.1. The van der Waals surface area contributed by atoms with Crippen LogP contribution in [0.4, 0.5) is 0 Å². The van der Waals surface area contributed by atoms with E-state index in [1.165, 1.54) is 16.7 Å². The first-order valence-corrected chi connectivity index (χ1v) is 13.3. The number of rotatable bonds is 7. The second kappa shape index (κ2) is 10.4. The van der Waals surface area contributed by atoms with Gasteiger partial charge in [-0.05, 0) is 78.7 Å². The van der Waals surface area contributed by atoms with E-state index in [1.54, 1.807) is 0 Å². The number of ether oxygens (including phenoxy) is 2. The van der Waals surface area contributed by atoms with Crippen molar-refractivity contribution in [3.63, 3.8) is 0 Å². The molecule has 5 nitrogen and oxygen atoms in total. The molecule has 0 spiro atoms. The van der Waals surface area contributed by atoms with Crippen LogP contribution in [0.15, 0.2) is 66.7 Å². The predicted octanol–water partition coefficient (Wildman–Crippen LogP) is 4.98. The third-order valence-electron chi connectivity index (χ3n) is 8.07. The molecule has 0 bridgehead atoms. The average Bonchev–Trinajstić information content (AvgIpc) is 3.48. The Morgan fingerprint density at radius 2 is 1.86 bits per heavy atom. The van der Waals surface area contributed by atoms with Crippen LogP contribution in [-0.2, 0) is 19.4 Å². The van der Waals surface area contributed by atoms with Crippen molar-refractivity contribution in [1.82, 2.24) is 10.2 Å². The van der Waals surface area contributed by atoms with E-state index < -0.39 is 0 Å². The zero-order valence-electron chi connectivity index (χ0n) is 20.7. The second-order valence-corrected chi connectivity index (χ2v) is 10.3. The Bertz CT molecular complexity index is 1230. The largest absolute Gasteiger partial charge is 0.493 e. The van der Waals surface area contributed by atoms with Gasteiger partial charge in [0.05, 0.1) is 13.2 Å². The third kappa shape index (κ3) is 4.98. The van der Waals surface area contributed by atoms with E-state index in [4.69, 9.17) is 9.47 Å². The highest BCUT2D eigenvalue weighted by atomic mass is 16.5. The van der Waals surface area contributed by atoms with Gasteiger partial charge in [0.25, 0.3) is 5.91 Å². The molecule has 0 unspecified atom stereocenters. The number of hydrogen-bond donors (Lipinski definition) is 1. The molecule has 1 N–H and O–H groups in total. The van der Waals surface area contributed by atoms with E-state index in [-0.39, 0.29) is 5.91 Å². The lowest BCUT2D eigenvalue weighted by Gasteiger charge is -2.26. The van der Waals surface area contributed by atoms with Gasteiger partial charge in [0.15, 0.2) is 0 Å². The van der Waals surface area contributed by atoms with Gasteiger partial charge in [-0.1, -0.05) is 48.5 Å². The van der Waals surface area contributed by atoms with Crippen molar-refractivity contribution in [1.29, 1.82) is 0 Å². The standard InChI is InChI=1S/C31H34N2O3/c34-31-29-19-27(8-6-25(29)20-32-31)36-21-26-11-15-33(14-10-22-4-2-1-3-5-22)16-12-28(26)23-7-9-30-24(18-23)13-17-35-30/h1-9,18-19,26,28H,10-17,20-21H2,(H,32,34)/t26-,28-/m1/s1. The fourth-order valence-corrected chi connectivity index (χ4v) is 5.93. The van der Waals surface area contributed by atoms with Gasteiger partial charge in [-0.15, -0.1) is 0 Å². The fraction of sp³-hybridized carbons (Fsp3) is 0.387. The van der Waals surface area contributed by atoms with Crippen molar-refractivity contribution in [3.8, 4) is 11.5 Å². The Kier molecular flexibility index (Phi) is 6.65. The molecule has 3 aromatic carbocycles. The van der Waals surface area contributed by atoms with Crippen LogP contribution in [0.5, 0.6) is 11.5 Å². The topological polar surface area (TPSA) is 50.8 Å². The van der Waals surface area contributed by atoms with Crippen LogP contribution in [0, 0.1) is 5.92 Å². The van der Waals surface area contributed by atoms with Crippen molar-refractivity contribution >= 4 is 5.91 Å². The highest BCUT2D eigenvalue weighted by Gasteiger charge is 2.30. The molecule has 3 aromatic rings. The van der Waals surface area contributed by atoms with Crippen molar-refractivity contribution < 1.29 is 14.3 Å². The monoisotopic (exact) mass is 482 g/mol. The van der Waals surface area contributed by atoms with Gasteiger partial charge < -0.3 is 19.7 Å². The number of amides is 1. The Hall–Kier alpha value is -3.31. The smallest absolute Gasteiger partial charge is 0.252 e. The number of likely N-dealkylation sites (tertiary alicyclic amines) is 1. The Balaban J connectivity index is 1.18. The summed E-state index contributed by atoms with van der Waals surface area (Å²) in [4.78, 5) is 14.7. The molecule has 3 heterocycles. The summed E-state index contributed by atoms with van der Waals surface area (Å²) in [5, 5.41) is 2.89. The van der Waals surface area contributed by atoms with Crippen LogP contribution < -0.4 is 14.8 Å². The Morgan fingerprint density at radius 3 is 2.78 bits per heavy atom. The van der Waals surface area contributed by atoms with E-state index in [2.05, 4.69) is 58.7 Å². The van der Waals surface area contributed by atoms with Crippen LogP contribution in [0.2, 0.25) is 0 Å². The molecule has 3 aliphatic heterocycles. The molecule has 6 rings (SSSR count). The molecule has 36 heavy (non-hydrogen) atoms. The molecule has 5 heteroatoms. The normalized spacial score (nSPS) is 21.3. The minimum atomic E-state index is -0.00258. The van der Waals surface area contributed by atoms with Crippen LogP contribution in [-0.4, -0.2) is 43.7 Å². The molecule has 2 atom stereocenters. The van der Waals surface area contributed by atoms with Crippen LogP contribution in [0.25, 0.3) is 0 Å². The number of fused-ring (bicyclic) bond motifs is 2. The predicted molar refractivity (Wildman–Crippen MR) is 141 cm³/mol. The summed E-state index contributed by atoms with van der Waals surface area (Å²) in [6.45, 7) is 5.32. The van der Waals surface area contributed by atoms with Gasteiger partial charge in [0.1, 0.15) is 11.5 Å². The molecule has 1 amide bonds. The first-order chi connectivity index (χ1) is 17.7. The SMILES string of the molecule is O=C1NCc2ccc(OC[C@H]3CCN(CCc4ccccc4)CC[C@@H]3c3ccc4c(c3)CCO4)cc21. The summed E-state index contributed by atoms with van der Waals surface area (Å²) in [6, 6.07) is 23.5. The van der Waals surface area contributed by atoms with Gasteiger partial charge in [-0.25, -0.2) is 0 Å². The summed E-state index contributed by atoms with van der Waals surface area (Å²) in [5.41, 5.74) is 5.94. The lowest BCUT2D eigenvalue weighted by Crippen LogP contribution is -2.27. The van der Waals surface area contributed by atoms with Crippen LogP contribution >= 0.6 is 0 Å². The first kappa shape index (κ1) is 23.1. The Labute approximate surface area is 213 Å². The molecule has 1 saturated heterocycles. The molecule has 3 aliphatic rings. The minimum absolute atomic E-state index is 0.00258. The van der Waals surface area contributed by atoms with Gasteiger partial charge in [0, 0.05) is 31.0 Å². The highest BCUT2D eigenvalue weighted by Crippen LogP contribution is 2.37. The maximum absolute atomic E-state index is 12.1. The number of nitrogens with zero attached hydrogens (tertiary/aromatic N) is 1. The summed E-state index contributed by atoms with van der Waals surface area (Å²) in [6.07, 6.45) is 4.30. The lowest BCUT2D eigenvalue weighted by molar-refractivity contribution is 0.0965. The van der Waals surface area contributed by atoms with E-state index in [1.807, 2.05) is 18.2 Å². The van der Waals surface area contributed by atoms with Gasteiger partial charge in [-0.3, -0.25) is 4.79 Å². The van der Waals surface area contributed by atoms with Gasteiger partial charge in [0.2, 0.25) is 0 Å². The van der Waals surface area contributed by atoms with Crippen molar-refractivity contribution in [3.05, 3.63) is 94.5 Å². The summed E-state index contributed by atoms with van der Waals surface area (Å²) in [5.74, 6) is 2.68. The van der Waals surface area contributed by atoms with Crippen LogP contribution in [0.1, 0.15) is 51.4 Å². The molecular formula is C31H34N2O3. The van der Waals surface area contributed by atoms with Crippen LogP contribution in [0.3, 0.4) is 0 Å². The molecule has 186 valence electrons. The van der Waals surface area contributed by atoms with Gasteiger partial charge in [-0.2, -0.15) is 0 Å². The molecule has 0 aromatic heterocycles. The van der Waals surface area contributed by atoms with E-state index in [0.717, 1.165) is 74.6 Å². The number of carbonyl (C=O) groups is 1. The number of nitrogens with one attached hydrogen (secondary N) is 1. The molecule has 0 radical (unpaired) electrons. The van der Waals surface area contributed by atoms with Crippen molar-refractivity contribution in [2.45, 2.75) is 38.1 Å². The first-order valence-electron chi connectivity index (χ1n) is 13.3. The Morgan fingerprint density at radius 1 is 0.972 bits per heavy atom. The van der Waals surface area contributed by atoms with Crippen molar-refractivity contribution in [2.75, 3.05) is 32.8 Å². The zero-order chi connectivity index (χ0) is 24.3. The minimum Gasteiger partial charge on any atom is -0.493 e. The van der Waals surface area contributed by atoms with E-state index in [9.17, 15) is 4.79 Å². The maximum Gasteiger partial charge on any atom is 0.252 e. The summed E-state index contributed by atoms with van der Waals surface area (Å²) >= 11 is 0. The molecular weight excluding hydrogens is 448 g/mol. The number of carbonyl (C=O) groups excluding carboxylic acids is 1. The molecule has 1 fully saturated rings. The van der Waals surface area contributed by atoms with E-state index in [0.29, 0.717) is 25.0 Å². The zero-order valence-corrected chi connectivity index (χ0v) is 20.7. The van der Waals surface area contributed by atoms with E-state index >= 15 is 0 Å². The number of benzene rings is 3. The summed E-state index contributed by atoms with van der Waals surface area (Å²) < 4.78 is 12.1. The quantitative estimate of drug-likeness (QED) is 0.516.